The summed E-state index contributed by atoms with van der Waals surface area (Å²) in [7, 11) is -2.10. The highest BCUT2D eigenvalue weighted by atomic mass is 32.2. The van der Waals surface area contributed by atoms with Gasteiger partial charge in [0.15, 0.2) is 0 Å². The van der Waals surface area contributed by atoms with Crippen LogP contribution >= 0.6 is 0 Å². The number of nitrogens with zero attached hydrogens (tertiary/aromatic N) is 4. The molecule has 1 saturated heterocycles. The molecule has 1 aromatic carbocycles. The number of hydrogen-bond donors (Lipinski definition) is 1. The molecule has 1 aromatic heterocycles. The third kappa shape index (κ3) is 9.58. The van der Waals surface area contributed by atoms with E-state index in [1.807, 2.05) is 0 Å². The van der Waals surface area contributed by atoms with Gasteiger partial charge in [-0.2, -0.15) is 17.5 Å². The van der Waals surface area contributed by atoms with Gasteiger partial charge in [-0.25, -0.2) is 22.8 Å². The number of benzene rings is 1. The summed E-state index contributed by atoms with van der Waals surface area (Å²) < 4.78 is 91.7. The van der Waals surface area contributed by atoms with E-state index in [0.29, 0.717) is 6.20 Å². The molecule has 3 amide bonds. The van der Waals surface area contributed by atoms with Crippen LogP contribution in [0.1, 0.15) is 61.5 Å². The lowest BCUT2D eigenvalue weighted by Crippen LogP contribution is -2.37. The van der Waals surface area contributed by atoms with Crippen molar-refractivity contribution in [3.8, 4) is 0 Å². The number of amides is 3. The quantitative estimate of drug-likeness (QED) is 0.370. The first-order valence-corrected chi connectivity index (χ1v) is 15.8. The molecule has 0 aliphatic carbocycles. The summed E-state index contributed by atoms with van der Waals surface area (Å²) in [5, 5.41) is 2.48. The molecule has 0 saturated carbocycles. The Kier molecular flexibility index (Phi) is 10.5. The second-order valence-corrected chi connectivity index (χ2v) is 14.1. The largest absolute Gasteiger partial charge is 0.444 e. The maximum Gasteiger partial charge on any atom is 0.418 e. The second kappa shape index (κ2) is 13.3. The van der Waals surface area contributed by atoms with E-state index >= 15 is 0 Å². The summed E-state index contributed by atoms with van der Waals surface area (Å²) in [5.41, 5.74) is -2.82. The zero-order valence-electron chi connectivity index (χ0n) is 25.8. The van der Waals surface area contributed by atoms with Crippen LogP contribution in [0, 0.1) is 6.92 Å². The van der Waals surface area contributed by atoms with Gasteiger partial charge in [-0.1, -0.05) is 6.07 Å². The summed E-state index contributed by atoms with van der Waals surface area (Å²) in [6, 6.07) is 5.41. The van der Waals surface area contributed by atoms with Gasteiger partial charge in [-0.05, 0) is 57.9 Å². The number of hydrogen-bond acceptors (Lipinski definition) is 7. The molecule has 1 fully saturated rings. The first kappa shape index (κ1) is 35.7. The Hall–Kier alpha value is -3.82. The van der Waals surface area contributed by atoms with Crippen molar-refractivity contribution in [2.45, 2.75) is 69.6 Å². The number of halogens is 5. The molecule has 0 spiro atoms. The molecule has 10 nitrogen and oxygen atoms in total. The minimum Gasteiger partial charge on any atom is -0.444 e. The van der Waals surface area contributed by atoms with Gasteiger partial charge in [0.2, 0.25) is 5.92 Å². The number of aromatic nitrogens is 1. The van der Waals surface area contributed by atoms with Crippen molar-refractivity contribution in [3.05, 3.63) is 47.2 Å². The van der Waals surface area contributed by atoms with Crippen LogP contribution in [0.5, 0.6) is 0 Å². The van der Waals surface area contributed by atoms with Crippen molar-refractivity contribution < 1.29 is 45.3 Å². The van der Waals surface area contributed by atoms with Gasteiger partial charge in [-0.15, -0.1) is 0 Å². The second-order valence-electron chi connectivity index (χ2n) is 11.8. The maximum absolute atomic E-state index is 14.0. The van der Waals surface area contributed by atoms with Crippen LogP contribution in [0.25, 0.3) is 0 Å². The third-order valence-corrected chi connectivity index (χ3v) is 8.43. The number of pyridine rings is 1. The predicted octanol–water partition coefficient (Wildman–Crippen LogP) is 6.14. The van der Waals surface area contributed by atoms with E-state index in [1.165, 1.54) is 42.5 Å². The molecule has 1 atom stereocenters. The van der Waals surface area contributed by atoms with Crippen molar-refractivity contribution in [1.29, 1.82) is 0 Å². The predicted molar refractivity (Wildman–Crippen MR) is 158 cm³/mol. The van der Waals surface area contributed by atoms with Crippen LogP contribution in [-0.2, 0) is 25.4 Å². The first-order chi connectivity index (χ1) is 20.6. The molecule has 1 aliphatic heterocycles. The number of ether oxygens (including phenoxy) is 1. The summed E-state index contributed by atoms with van der Waals surface area (Å²) in [5.74, 6) is -5.00. The van der Waals surface area contributed by atoms with E-state index in [2.05, 4.69) is 14.7 Å². The SMILES string of the molecule is Cc1c(C(F)(F)F)cnc(N2CCCC(F)(F)CC2)c1C(=O)Nc1cccc([S@@](C)(=O)=NC(=O)CN(C)C(=O)OC(C)(C)C)c1. The Morgan fingerprint density at radius 2 is 1.82 bits per heavy atom. The molecule has 1 N–H and O–H groups in total. The molecular weight excluding hydrogens is 625 g/mol. The monoisotopic (exact) mass is 661 g/mol. The van der Waals surface area contributed by atoms with Gasteiger partial charge in [0.1, 0.15) is 18.0 Å². The minimum atomic E-state index is -4.84. The Labute approximate surface area is 258 Å². The van der Waals surface area contributed by atoms with Crippen LogP contribution in [0.2, 0.25) is 0 Å². The van der Waals surface area contributed by atoms with Crippen molar-refractivity contribution in [2.24, 2.45) is 4.36 Å². The van der Waals surface area contributed by atoms with E-state index in [9.17, 15) is 40.5 Å². The Balaban J connectivity index is 1.91. The number of likely N-dealkylation sites (N-methyl/N-ethyl adjacent to an activating group) is 1. The number of rotatable bonds is 6. The molecule has 0 bridgehead atoms. The first-order valence-electron chi connectivity index (χ1n) is 13.9. The summed E-state index contributed by atoms with van der Waals surface area (Å²) in [6.45, 7) is 5.36. The van der Waals surface area contributed by atoms with Gasteiger partial charge < -0.3 is 19.9 Å². The molecule has 16 heteroatoms. The fourth-order valence-electron chi connectivity index (χ4n) is 4.55. The summed E-state index contributed by atoms with van der Waals surface area (Å²) in [4.78, 5) is 44.5. The summed E-state index contributed by atoms with van der Waals surface area (Å²) in [6.07, 6.45) is -4.79. The van der Waals surface area contributed by atoms with Crippen LogP contribution < -0.4 is 10.2 Å². The van der Waals surface area contributed by atoms with Gasteiger partial charge >= 0.3 is 12.3 Å². The smallest absolute Gasteiger partial charge is 0.418 e. The standard InChI is InChI=1S/C29H36F5N5O5S/c1-18-21(29(32,33)34)16-35-24(39-13-8-11-28(30,31)12-14-39)23(18)25(41)36-19-9-7-10-20(15-19)45(6,43)37-22(40)17-38(5)26(42)44-27(2,3)4/h7,9-10,15-16H,8,11-14,17H2,1-6H3,(H,36,41)/t45-/m1/s1. The van der Waals surface area contributed by atoms with Crippen molar-refractivity contribution >= 4 is 39.1 Å². The lowest BCUT2D eigenvalue weighted by atomic mass is 10.0. The number of anilines is 2. The minimum absolute atomic E-state index is 0.0161. The molecule has 0 radical (unpaired) electrons. The van der Waals surface area contributed by atoms with Crippen molar-refractivity contribution in [1.82, 2.24) is 9.88 Å². The molecule has 3 rings (SSSR count). The molecule has 248 valence electrons. The van der Waals surface area contributed by atoms with Crippen LogP contribution in [-0.4, -0.2) is 76.5 Å². The fraction of sp³-hybridized carbons (Fsp3) is 0.517. The molecule has 45 heavy (non-hydrogen) atoms. The van der Waals surface area contributed by atoms with Gasteiger partial charge in [0.25, 0.3) is 11.8 Å². The maximum atomic E-state index is 14.0. The molecule has 0 unspecified atom stereocenters. The topological polar surface area (TPSA) is 121 Å². The van der Waals surface area contributed by atoms with E-state index in [0.717, 1.165) is 11.8 Å². The van der Waals surface area contributed by atoms with Crippen molar-refractivity contribution in [2.75, 3.05) is 43.2 Å². The average Bonchev–Trinajstić information content (AvgIpc) is 3.06. The van der Waals surface area contributed by atoms with E-state index in [4.69, 9.17) is 4.74 Å². The lowest BCUT2D eigenvalue weighted by molar-refractivity contribution is -0.138. The van der Waals surface area contributed by atoms with E-state index < -0.39 is 81.4 Å². The normalized spacial score (nSPS) is 16.6. The van der Waals surface area contributed by atoms with Crippen molar-refractivity contribution in [3.63, 3.8) is 0 Å². The number of nitrogens with one attached hydrogen (secondary N) is 1. The van der Waals surface area contributed by atoms with Gasteiger partial charge in [-0.3, -0.25) is 9.59 Å². The number of alkyl halides is 5. The van der Waals surface area contributed by atoms with Gasteiger partial charge in [0.05, 0.1) is 20.9 Å². The number of carbonyl (C=O) groups excluding carboxylic acids is 3. The van der Waals surface area contributed by atoms with Gasteiger partial charge in [0, 0.05) is 56.0 Å². The molecular formula is C29H36F5N5O5S. The lowest BCUT2D eigenvalue weighted by Gasteiger charge is -2.26. The Morgan fingerprint density at radius 3 is 2.44 bits per heavy atom. The van der Waals surface area contributed by atoms with E-state index in [-0.39, 0.29) is 35.9 Å². The summed E-state index contributed by atoms with van der Waals surface area (Å²) >= 11 is 0. The van der Waals surface area contributed by atoms with E-state index in [1.54, 1.807) is 20.8 Å². The third-order valence-electron chi connectivity index (χ3n) is 6.75. The Bertz CT molecular complexity index is 1580. The zero-order valence-corrected chi connectivity index (χ0v) is 26.6. The highest BCUT2D eigenvalue weighted by Crippen LogP contribution is 2.37. The van der Waals surface area contributed by atoms with Crippen LogP contribution in [0.3, 0.4) is 0 Å². The highest BCUT2D eigenvalue weighted by Gasteiger charge is 2.38. The molecule has 2 aromatic rings. The average molecular weight is 662 g/mol. The highest BCUT2D eigenvalue weighted by molar-refractivity contribution is 7.93. The number of carbonyl (C=O) groups is 3. The van der Waals surface area contributed by atoms with Crippen LogP contribution in [0.4, 0.5) is 38.3 Å². The van der Waals surface area contributed by atoms with Crippen LogP contribution in [0.15, 0.2) is 39.7 Å². The molecule has 1 aliphatic rings. The zero-order chi connectivity index (χ0) is 34.0. The fourth-order valence-corrected chi connectivity index (χ4v) is 5.78. The Morgan fingerprint density at radius 1 is 1.16 bits per heavy atom. The molecule has 2 heterocycles.